The van der Waals surface area contributed by atoms with Crippen molar-refractivity contribution in [1.29, 1.82) is 0 Å². The number of esters is 1. The number of ether oxygens (including phenoxy) is 1. The van der Waals surface area contributed by atoms with Crippen LogP contribution in [0.2, 0.25) is 0 Å². The summed E-state index contributed by atoms with van der Waals surface area (Å²) in [5.41, 5.74) is 3.00. The highest BCUT2D eigenvalue weighted by molar-refractivity contribution is 7.09. The molecule has 0 fully saturated rings. The summed E-state index contributed by atoms with van der Waals surface area (Å²) in [4.78, 5) is 16.1. The lowest BCUT2D eigenvalue weighted by Gasteiger charge is -1.99. The first kappa shape index (κ1) is 15.4. The van der Waals surface area contributed by atoms with Crippen LogP contribution in [-0.2, 0) is 22.6 Å². The van der Waals surface area contributed by atoms with Crippen LogP contribution >= 0.6 is 11.3 Å². The molecule has 0 radical (unpaired) electrons. The average molecular weight is 301 g/mol. The zero-order valence-corrected chi connectivity index (χ0v) is 13.2. The largest absolute Gasteiger partial charge is 0.456 e. The molecule has 4 heteroatoms. The van der Waals surface area contributed by atoms with Crippen molar-refractivity contribution in [2.75, 3.05) is 0 Å². The van der Waals surface area contributed by atoms with E-state index >= 15 is 0 Å². The molecule has 0 spiro atoms. The van der Waals surface area contributed by atoms with E-state index in [4.69, 9.17) is 4.74 Å². The van der Waals surface area contributed by atoms with Crippen LogP contribution in [0.3, 0.4) is 0 Å². The first-order valence-electron chi connectivity index (χ1n) is 7.02. The van der Waals surface area contributed by atoms with E-state index in [0.717, 1.165) is 29.1 Å². The topological polar surface area (TPSA) is 39.2 Å². The number of hydrogen-bond acceptors (Lipinski definition) is 4. The van der Waals surface area contributed by atoms with Gasteiger partial charge in [0, 0.05) is 11.5 Å². The molecule has 0 bridgehead atoms. The molecule has 3 nitrogen and oxygen atoms in total. The molecule has 1 heterocycles. The molecule has 0 atom stereocenters. The van der Waals surface area contributed by atoms with Crippen molar-refractivity contribution in [3.05, 3.63) is 57.6 Å². The first-order chi connectivity index (χ1) is 10.2. The molecule has 0 aliphatic carbocycles. The van der Waals surface area contributed by atoms with E-state index in [9.17, 15) is 4.79 Å². The van der Waals surface area contributed by atoms with Gasteiger partial charge in [0.15, 0.2) is 0 Å². The molecule has 21 heavy (non-hydrogen) atoms. The highest BCUT2D eigenvalue weighted by Crippen LogP contribution is 2.12. The number of hydrogen-bond donors (Lipinski definition) is 0. The number of aromatic nitrogens is 1. The van der Waals surface area contributed by atoms with Gasteiger partial charge >= 0.3 is 5.97 Å². The van der Waals surface area contributed by atoms with E-state index < -0.39 is 0 Å². The lowest BCUT2D eigenvalue weighted by atomic mass is 10.1. The van der Waals surface area contributed by atoms with Crippen LogP contribution < -0.4 is 0 Å². The van der Waals surface area contributed by atoms with Gasteiger partial charge in [0.25, 0.3) is 0 Å². The van der Waals surface area contributed by atoms with Crippen LogP contribution in [0.5, 0.6) is 0 Å². The number of benzene rings is 1. The lowest BCUT2D eigenvalue weighted by Crippen LogP contribution is -2.01. The van der Waals surface area contributed by atoms with E-state index in [0.29, 0.717) is 0 Å². The van der Waals surface area contributed by atoms with Crippen molar-refractivity contribution in [3.63, 3.8) is 0 Å². The van der Waals surface area contributed by atoms with E-state index in [-0.39, 0.29) is 12.6 Å². The minimum atomic E-state index is -0.347. The molecule has 0 saturated carbocycles. The molecule has 1 aromatic carbocycles. The molecular formula is C17H19NO2S. The Kier molecular flexibility index (Phi) is 5.69. The van der Waals surface area contributed by atoms with Crippen LogP contribution in [0.1, 0.15) is 35.2 Å². The van der Waals surface area contributed by atoms with Gasteiger partial charge in [-0.15, -0.1) is 11.3 Å². The minimum Gasteiger partial charge on any atom is -0.456 e. The second-order valence-corrected chi connectivity index (χ2v) is 5.78. The van der Waals surface area contributed by atoms with Crippen molar-refractivity contribution in [2.24, 2.45) is 0 Å². The molecule has 110 valence electrons. The van der Waals surface area contributed by atoms with Gasteiger partial charge < -0.3 is 4.74 Å². The number of carbonyl (C=O) groups excluding carboxylic acids is 1. The smallest absolute Gasteiger partial charge is 0.331 e. The molecule has 0 unspecified atom stereocenters. The summed E-state index contributed by atoms with van der Waals surface area (Å²) in [7, 11) is 0. The van der Waals surface area contributed by atoms with Gasteiger partial charge in [-0.2, -0.15) is 0 Å². The van der Waals surface area contributed by atoms with Gasteiger partial charge in [-0.3, -0.25) is 0 Å². The maximum Gasteiger partial charge on any atom is 0.331 e. The standard InChI is InChI=1S/C17H19NO2S/c1-3-4-16-18-15(12-21-16)11-20-17(19)10-9-14-7-5-13(2)6-8-14/h5-10,12H,3-4,11H2,1-2H3/b10-9+. The Labute approximate surface area is 129 Å². The minimum absolute atomic E-state index is 0.233. The molecule has 0 amide bonds. The molecule has 0 aliphatic heterocycles. The van der Waals surface area contributed by atoms with Gasteiger partial charge in [0.05, 0.1) is 10.7 Å². The second kappa shape index (κ2) is 7.74. The van der Waals surface area contributed by atoms with E-state index in [1.54, 1.807) is 17.4 Å². The third kappa shape index (κ3) is 5.16. The fourth-order valence-corrected chi connectivity index (χ4v) is 2.66. The van der Waals surface area contributed by atoms with Crippen LogP contribution in [0.15, 0.2) is 35.7 Å². The van der Waals surface area contributed by atoms with E-state index in [1.807, 2.05) is 36.6 Å². The fraction of sp³-hybridized carbons (Fsp3) is 0.294. The van der Waals surface area contributed by atoms with Gasteiger partial charge in [0.1, 0.15) is 6.61 Å². The summed E-state index contributed by atoms with van der Waals surface area (Å²) in [6.07, 6.45) is 5.26. The third-order valence-corrected chi connectivity index (χ3v) is 3.87. The number of nitrogens with zero attached hydrogens (tertiary/aromatic N) is 1. The maximum atomic E-state index is 11.7. The van der Waals surface area contributed by atoms with Gasteiger partial charge in [0.2, 0.25) is 0 Å². The normalized spacial score (nSPS) is 11.0. The highest BCUT2D eigenvalue weighted by atomic mass is 32.1. The number of rotatable bonds is 6. The van der Waals surface area contributed by atoms with Gasteiger partial charge in [-0.1, -0.05) is 36.8 Å². The van der Waals surface area contributed by atoms with Crippen molar-refractivity contribution in [2.45, 2.75) is 33.3 Å². The SMILES string of the molecule is CCCc1nc(COC(=O)/C=C/c2ccc(C)cc2)cs1. The summed E-state index contributed by atoms with van der Waals surface area (Å²) in [5.74, 6) is -0.347. The summed E-state index contributed by atoms with van der Waals surface area (Å²) < 4.78 is 5.18. The number of thiazole rings is 1. The Morgan fingerprint density at radius 3 is 2.81 bits per heavy atom. The van der Waals surface area contributed by atoms with Crippen molar-refractivity contribution in [1.82, 2.24) is 4.98 Å². The zero-order valence-electron chi connectivity index (χ0n) is 12.3. The van der Waals surface area contributed by atoms with Crippen LogP contribution in [-0.4, -0.2) is 11.0 Å². The second-order valence-electron chi connectivity index (χ2n) is 4.83. The molecule has 2 rings (SSSR count). The Morgan fingerprint density at radius 1 is 1.33 bits per heavy atom. The van der Waals surface area contributed by atoms with Crippen molar-refractivity contribution >= 4 is 23.4 Å². The monoisotopic (exact) mass is 301 g/mol. The Morgan fingerprint density at radius 2 is 2.10 bits per heavy atom. The van der Waals surface area contributed by atoms with Crippen molar-refractivity contribution < 1.29 is 9.53 Å². The molecule has 0 saturated heterocycles. The van der Waals surface area contributed by atoms with Crippen molar-refractivity contribution in [3.8, 4) is 0 Å². The van der Waals surface area contributed by atoms with Crippen LogP contribution in [0.4, 0.5) is 0 Å². The van der Waals surface area contributed by atoms with Gasteiger partial charge in [-0.25, -0.2) is 9.78 Å². The third-order valence-electron chi connectivity index (χ3n) is 2.91. The fourth-order valence-electron chi connectivity index (χ4n) is 1.78. The maximum absolute atomic E-state index is 11.7. The van der Waals surface area contributed by atoms with Crippen LogP contribution in [0, 0.1) is 6.92 Å². The van der Waals surface area contributed by atoms with E-state index in [1.165, 1.54) is 11.6 Å². The lowest BCUT2D eigenvalue weighted by molar-refractivity contribution is -0.139. The Balaban J connectivity index is 1.82. The van der Waals surface area contributed by atoms with E-state index in [2.05, 4.69) is 11.9 Å². The Bertz CT molecular complexity index is 614. The predicted octanol–water partition coefficient (Wildman–Crippen LogP) is 4.16. The Hall–Kier alpha value is -1.94. The number of carbonyl (C=O) groups is 1. The first-order valence-corrected chi connectivity index (χ1v) is 7.90. The predicted molar refractivity (Wildman–Crippen MR) is 86.1 cm³/mol. The molecular weight excluding hydrogens is 282 g/mol. The van der Waals surface area contributed by atoms with Crippen LogP contribution in [0.25, 0.3) is 6.08 Å². The van der Waals surface area contributed by atoms with Gasteiger partial charge in [-0.05, 0) is 31.4 Å². The highest BCUT2D eigenvalue weighted by Gasteiger charge is 2.04. The molecule has 0 N–H and O–H groups in total. The summed E-state index contributed by atoms with van der Waals surface area (Å²) in [6, 6.07) is 7.96. The molecule has 1 aromatic heterocycles. The number of aryl methyl sites for hydroxylation is 2. The quantitative estimate of drug-likeness (QED) is 0.594. The summed E-state index contributed by atoms with van der Waals surface area (Å²) >= 11 is 1.62. The molecule has 0 aliphatic rings. The molecule has 2 aromatic rings. The zero-order chi connectivity index (χ0) is 15.1. The average Bonchev–Trinajstić information content (AvgIpc) is 2.93. The summed E-state index contributed by atoms with van der Waals surface area (Å²) in [6.45, 7) is 4.39. The summed E-state index contributed by atoms with van der Waals surface area (Å²) in [5, 5.41) is 3.04.